The third-order valence-corrected chi connectivity index (χ3v) is 4.49. The van der Waals surface area contributed by atoms with Gasteiger partial charge in [-0.15, -0.1) is 0 Å². The van der Waals surface area contributed by atoms with Gasteiger partial charge in [0.25, 0.3) is 0 Å². The summed E-state index contributed by atoms with van der Waals surface area (Å²) in [4.78, 5) is 13.8. The number of pyridine rings is 1. The molecule has 0 aliphatic carbocycles. The van der Waals surface area contributed by atoms with Crippen LogP contribution in [0.15, 0.2) is 30.7 Å². The molecular formula is C18H22N6. The maximum Gasteiger partial charge on any atom is 0.180 e. The SMILES string of the molecule is Cc1ccc2ncc(-c3ncc(C)c(N[C@@H]4CCCNC4)n3)n2c1. The van der Waals surface area contributed by atoms with E-state index in [1.807, 2.05) is 29.8 Å². The number of hydrogen-bond donors (Lipinski definition) is 2. The minimum atomic E-state index is 0.421. The van der Waals surface area contributed by atoms with Gasteiger partial charge in [-0.3, -0.25) is 4.40 Å². The standard InChI is InChI=1S/C18H22N6/c1-12-5-6-16-20-10-15(24(16)11-12)18-21-8-13(2)17(23-18)22-14-4-3-7-19-9-14/h5-6,8,10-11,14,19H,3-4,7,9H2,1-2H3,(H,21,22,23)/t14-/m1/s1. The van der Waals surface area contributed by atoms with Gasteiger partial charge < -0.3 is 10.6 Å². The molecule has 0 aromatic carbocycles. The first-order valence-electron chi connectivity index (χ1n) is 8.46. The topological polar surface area (TPSA) is 67.1 Å². The third-order valence-electron chi connectivity index (χ3n) is 4.49. The first-order chi connectivity index (χ1) is 11.7. The van der Waals surface area contributed by atoms with Crippen molar-refractivity contribution in [2.45, 2.75) is 32.7 Å². The Hall–Kier alpha value is -2.47. The molecule has 0 saturated carbocycles. The van der Waals surface area contributed by atoms with Crippen LogP contribution in [-0.4, -0.2) is 38.5 Å². The van der Waals surface area contributed by atoms with Crippen molar-refractivity contribution in [1.29, 1.82) is 0 Å². The minimum absolute atomic E-state index is 0.421. The van der Waals surface area contributed by atoms with Crippen molar-refractivity contribution in [3.8, 4) is 11.5 Å². The van der Waals surface area contributed by atoms with Crippen molar-refractivity contribution in [2.24, 2.45) is 0 Å². The number of piperidine rings is 1. The largest absolute Gasteiger partial charge is 0.366 e. The quantitative estimate of drug-likeness (QED) is 0.776. The molecule has 4 rings (SSSR count). The zero-order chi connectivity index (χ0) is 16.5. The molecular weight excluding hydrogens is 300 g/mol. The van der Waals surface area contributed by atoms with Crippen LogP contribution in [-0.2, 0) is 0 Å². The normalized spacial score (nSPS) is 18.0. The number of rotatable bonds is 3. The maximum atomic E-state index is 4.78. The van der Waals surface area contributed by atoms with Gasteiger partial charge in [-0.05, 0) is 44.9 Å². The number of imidazole rings is 1. The summed E-state index contributed by atoms with van der Waals surface area (Å²) in [6.07, 6.45) is 8.16. The Morgan fingerprint density at radius 2 is 2.12 bits per heavy atom. The summed E-state index contributed by atoms with van der Waals surface area (Å²) in [5, 5.41) is 6.99. The molecule has 2 N–H and O–H groups in total. The first-order valence-corrected chi connectivity index (χ1v) is 8.46. The molecule has 1 aliphatic rings. The molecule has 6 nitrogen and oxygen atoms in total. The summed E-state index contributed by atoms with van der Waals surface area (Å²) >= 11 is 0. The van der Waals surface area contributed by atoms with Gasteiger partial charge in [0.05, 0.1) is 6.20 Å². The van der Waals surface area contributed by atoms with E-state index in [0.717, 1.165) is 35.8 Å². The van der Waals surface area contributed by atoms with Crippen molar-refractivity contribution < 1.29 is 0 Å². The average Bonchev–Trinajstić information content (AvgIpc) is 3.01. The highest BCUT2D eigenvalue weighted by Gasteiger charge is 2.16. The van der Waals surface area contributed by atoms with Gasteiger partial charge in [0.1, 0.15) is 17.2 Å². The molecule has 6 heteroatoms. The van der Waals surface area contributed by atoms with Crippen LogP contribution in [0.3, 0.4) is 0 Å². The lowest BCUT2D eigenvalue weighted by Crippen LogP contribution is -2.38. The van der Waals surface area contributed by atoms with Crippen molar-refractivity contribution in [3.63, 3.8) is 0 Å². The van der Waals surface area contributed by atoms with Crippen molar-refractivity contribution in [1.82, 2.24) is 24.7 Å². The van der Waals surface area contributed by atoms with E-state index in [0.29, 0.717) is 11.9 Å². The Bertz CT molecular complexity index is 863. The lowest BCUT2D eigenvalue weighted by molar-refractivity contribution is 0.479. The van der Waals surface area contributed by atoms with Gasteiger partial charge in [-0.25, -0.2) is 15.0 Å². The Morgan fingerprint density at radius 1 is 1.21 bits per heavy atom. The van der Waals surface area contributed by atoms with Gasteiger partial charge >= 0.3 is 0 Å². The molecule has 0 radical (unpaired) electrons. The first kappa shape index (κ1) is 15.1. The summed E-state index contributed by atoms with van der Waals surface area (Å²) in [7, 11) is 0. The minimum Gasteiger partial charge on any atom is -0.366 e. The lowest BCUT2D eigenvalue weighted by Gasteiger charge is -2.25. The number of nitrogens with zero attached hydrogens (tertiary/aromatic N) is 4. The second kappa shape index (κ2) is 6.20. The molecule has 0 amide bonds. The van der Waals surface area contributed by atoms with Crippen LogP contribution in [0.5, 0.6) is 0 Å². The molecule has 124 valence electrons. The highest BCUT2D eigenvalue weighted by Crippen LogP contribution is 2.22. The van der Waals surface area contributed by atoms with E-state index >= 15 is 0 Å². The highest BCUT2D eigenvalue weighted by molar-refractivity contribution is 5.60. The van der Waals surface area contributed by atoms with E-state index in [9.17, 15) is 0 Å². The van der Waals surface area contributed by atoms with Crippen molar-refractivity contribution in [3.05, 3.63) is 41.9 Å². The van der Waals surface area contributed by atoms with Crippen LogP contribution >= 0.6 is 0 Å². The molecule has 1 fully saturated rings. The summed E-state index contributed by atoms with van der Waals surface area (Å²) < 4.78 is 2.05. The van der Waals surface area contributed by atoms with Crippen molar-refractivity contribution >= 4 is 11.5 Å². The molecule has 0 spiro atoms. The fourth-order valence-electron chi connectivity index (χ4n) is 3.13. The molecule has 1 saturated heterocycles. The van der Waals surface area contributed by atoms with Crippen LogP contribution in [0.25, 0.3) is 17.2 Å². The average molecular weight is 322 g/mol. The second-order valence-electron chi connectivity index (χ2n) is 6.49. The van der Waals surface area contributed by atoms with Crippen molar-refractivity contribution in [2.75, 3.05) is 18.4 Å². The maximum absolute atomic E-state index is 4.78. The van der Waals surface area contributed by atoms with E-state index in [2.05, 4.69) is 39.8 Å². The molecule has 3 aromatic heterocycles. The zero-order valence-corrected chi connectivity index (χ0v) is 14.1. The number of aryl methyl sites for hydroxylation is 2. The lowest BCUT2D eigenvalue weighted by atomic mass is 10.1. The van der Waals surface area contributed by atoms with Crippen LogP contribution < -0.4 is 10.6 Å². The molecule has 1 aliphatic heterocycles. The van der Waals surface area contributed by atoms with Gasteiger partial charge in [0.15, 0.2) is 5.82 Å². The Kier molecular flexibility index (Phi) is 3.90. The summed E-state index contributed by atoms with van der Waals surface area (Å²) in [6, 6.07) is 4.50. The monoisotopic (exact) mass is 322 g/mol. The molecule has 4 heterocycles. The van der Waals surface area contributed by atoms with Gasteiger partial charge in [0, 0.05) is 30.5 Å². The smallest absolute Gasteiger partial charge is 0.180 e. The van der Waals surface area contributed by atoms with Crippen LogP contribution in [0.4, 0.5) is 5.82 Å². The van der Waals surface area contributed by atoms with Crippen LogP contribution in [0.1, 0.15) is 24.0 Å². The number of hydrogen-bond acceptors (Lipinski definition) is 5. The summed E-state index contributed by atoms with van der Waals surface area (Å²) in [5.74, 6) is 1.61. The second-order valence-corrected chi connectivity index (χ2v) is 6.49. The van der Waals surface area contributed by atoms with Gasteiger partial charge in [-0.1, -0.05) is 6.07 Å². The summed E-state index contributed by atoms with van der Waals surface area (Å²) in [6.45, 7) is 6.20. The summed E-state index contributed by atoms with van der Waals surface area (Å²) in [5.41, 5.74) is 4.07. The van der Waals surface area contributed by atoms with E-state index in [4.69, 9.17) is 4.98 Å². The number of anilines is 1. The fraction of sp³-hybridized carbons (Fsp3) is 0.389. The molecule has 1 atom stereocenters. The molecule has 0 bridgehead atoms. The van der Waals surface area contributed by atoms with Gasteiger partial charge in [0.2, 0.25) is 0 Å². The predicted molar refractivity (Wildman–Crippen MR) is 95.2 cm³/mol. The van der Waals surface area contributed by atoms with Crippen LogP contribution in [0.2, 0.25) is 0 Å². The molecule has 3 aromatic rings. The van der Waals surface area contributed by atoms with Gasteiger partial charge in [-0.2, -0.15) is 0 Å². The van der Waals surface area contributed by atoms with E-state index in [-0.39, 0.29) is 0 Å². The van der Waals surface area contributed by atoms with E-state index < -0.39 is 0 Å². The van der Waals surface area contributed by atoms with E-state index in [1.54, 1.807) is 0 Å². The predicted octanol–water partition coefficient (Wildman–Crippen LogP) is 2.57. The van der Waals surface area contributed by atoms with E-state index in [1.165, 1.54) is 18.4 Å². The Labute approximate surface area is 141 Å². The zero-order valence-electron chi connectivity index (χ0n) is 14.1. The number of nitrogens with one attached hydrogen (secondary N) is 2. The Balaban J connectivity index is 1.70. The Morgan fingerprint density at radius 3 is 2.96 bits per heavy atom. The van der Waals surface area contributed by atoms with Crippen LogP contribution in [0, 0.1) is 13.8 Å². The molecule has 0 unspecified atom stereocenters. The highest BCUT2D eigenvalue weighted by atomic mass is 15.1. The molecule has 24 heavy (non-hydrogen) atoms. The third kappa shape index (κ3) is 2.85. The number of fused-ring (bicyclic) bond motifs is 1. The number of aromatic nitrogens is 4. The fourth-order valence-corrected chi connectivity index (χ4v) is 3.13.